The van der Waals surface area contributed by atoms with E-state index in [-0.39, 0.29) is 5.92 Å². The highest BCUT2D eigenvalue weighted by Gasteiger charge is 2.11. The summed E-state index contributed by atoms with van der Waals surface area (Å²) in [5.41, 5.74) is 2.38. The van der Waals surface area contributed by atoms with Gasteiger partial charge in [-0.15, -0.1) is 0 Å². The van der Waals surface area contributed by atoms with E-state index in [1.165, 1.54) is 0 Å². The number of hydrogen-bond donors (Lipinski definition) is 1. The van der Waals surface area contributed by atoms with E-state index in [4.69, 9.17) is 5.26 Å². The van der Waals surface area contributed by atoms with Crippen molar-refractivity contribution in [1.29, 1.82) is 5.26 Å². The maximum absolute atomic E-state index is 8.98. The van der Waals surface area contributed by atoms with Crippen molar-refractivity contribution < 1.29 is 0 Å². The zero-order valence-electron chi connectivity index (χ0n) is 9.33. The molecule has 78 valence electrons. The zero-order valence-corrected chi connectivity index (χ0v) is 9.33. The van der Waals surface area contributed by atoms with Crippen molar-refractivity contribution in [3.63, 3.8) is 0 Å². The van der Waals surface area contributed by atoms with Gasteiger partial charge in [0.1, 0.15) is 17.6 Å². The summed E-state index contributed by atoms with van der Waals surface area (Å²) in [6.45, 7) is 7.82. The Hall–Kier alpha value is -1.82. The molecule has 0 amide bonds. The van der Waals surface area contributed by atoms with Crippen molar-refractivity contribution in [1.82, 2.24) is 4.98 Å². The van der Waals surface area contributed by atoms with E-state index in [9.17, 15) is 0 Å². The third-order valence-corrected chi connectivity index (χ3v) is 2.27. The molecule has 0 radical (unpaired) electrons. The van der Waals surface area contributed by atoms with Gasteiger partial charge in [-0.05, 0) is 17.5 Å². The lowest BCUT2D eigenvalue weighted by molar-refractivity contribution is 0.852. The van der Waals surface area contributed by atoms with Crippen LogP contribution in [-0.2, 0) is 0 Å². The van der Waals surface area contributed by atoms with E-state index in [0.717, 1.165) is 11.1 Å². The molecule has 0 saturated carbocycles. The maximum atomic E-state index is 8.98. The highest BCUT2D eigenvalue weighted by Crippen LogP contribution is 2.23. The number of nitrogens with one attached hydrogen (secondary N) is 1. The van der Waals surface area contributed by atoms with Crippen LogP contribution in [0.4, 0.5) is 5.82 Å². The minimum atomic E-state index is 0.289. The minimum absolute atomic E-state index is 0.289. The molecule has 0 fully saturated rings. The van der Waals surface area contributed by atoms with Gasteiger partial charge in [0.25, 0.3) is 0 Å². The van der Waals surface area contributed by atoms with E-state index in [2.05, 4.69) is 22.9 Å². The number of rotatable bonds is 3. The molecule has 0 bridgehead atoms. The van der Waals surface area contributed by atoms with E-state index in [0.29, 0.717) is 11.5 Å². The van der Waals surface area contributed by atoms with Crippen molar-refractivity contribution in [2.24, 2.45) is 0 Å². The van der Waals surface area contributed by atoms with Crippen molar-refractivity contribution in [3.05, 3.63) is 29.5 Å². The Morgan fingerprint density at radius 1 is 1.60 bits per heavy atom. The normalized spacial score (nSPS) is 9.80. The fourth-order valence-corrected chi connectivity index (χ4v) is 1.43. The van der Waals surface area contributed by atoms with Gasteiger partial charge in [-0.1, -0.05) is 26.5 Å². The Morgan fingerprint density at radius 2 is 2.27 bits per heavy atom. The first kappa shape index (κ1) is 11.3. The number of hydrogen-bond acceptors (Lipinski definition) is 3. The van der Waals surface area contributed by atoms with Crippen LogP contribution in [0.2, 0.25) is 0 Å². The molecule has 0 saturated heterocycles. The van der Waals surface area contributed by atoms with Gasteiger partial charge in [-0.25, -0.2) is 4.98 Å². The average Bonchev–Trinajstić information content (AvgIpc) is 2.26. The average molecular weight is 201 g/mol. The second-order valence-electron chi connectivity index (χ2n) is 3.58. The van der Waals surface area contributed by atoms with Crippen molar-refractivity contribution in [2.45, 2.75) is 19.8 Å². The van der Waals surface area contributed by atoms with Crippen molar-refractivity contribution >= 4 is 11.9 Å². The molecule has 0 aromatic carbocycles. The number of anilines is 1. The molecule has 1 N–H and O–H groups in total. The second kappa shape index (κ2) is 4.61. The van der Waals surface area contributed by atoms with Crippen LogP contribution < -0.4 is 5.32 Å². The van der Waals surface area contributed by atoms with Gasteiger partial charge in [0, 0.05) is 12.6 Å². The molecule has 3 heteroatoms. The molecule has 0 aliphatic carbocycles. The first-order valence-corrected chi connectivity index (χ1v) is 4.89. The molecular formula is C12H15N3. The summed E-state index contributed by atoms with van der Waals surface area (Å²) in [5.74, 6) is 0.989. The molecule has 1 aromatic rings. The van der Waals surface area contributed by atoms with E-state index < -0.39 is 0 Å². The van der Waals surface area contributed by atoms with Crippen molar-refractivity contribution in [3.8, 4) is 6.07 Å². The van der Waals surface area contributed by atoms with Crippen LogP contribution in [0, 0.1) is 11.3 Å². The Morgan fingerprint density at radius 3 is 2.67 bits per heavy atom. The van der Waals surface area contributed by atoms with Crippen LogP contribution >= 0.6 is 0 Å². The number of nitrogens with zero attached hydrogens (tertiary/aromatic N) is 2. The Balaban J connectivity index is 3.42. The predicted octanol–water partition coefficient (Wildman–Crippen LogP) is 2.76. The molecule has 0 aliphatic heterocycles. The highest BCUT2D eigenvalue weighted by molar-refractivity contribution is 5.64. The van der Waals surface area contributed by atoms with E-state index in [1.54, 1.807) is 13.1 Å². The fourth-order valence-electron chi connectivity index (χ4n) is 1.43. The maximum Gasteiger partial charge on any atom is 0.146 e. The number of pyridine rings is 1. The van der Waals surface area contributed by atoms with Gasteiger partial charge < -0.3 is 5.32 Å². The monoisotopic (exact) mass is 201 g/mol. The van der Waals surface area contributed by atoms with E-state index >= 15 is 0 Å². The Labute approximate surface area is 90.5 Å². The standard InChI is InChI=1S/C12H15N3/c1-5-9-6-10(8(2)3)11(7-13)15-12(9)14-4/h5-6,8H,1H2,2-4H3,(H,14,15). The van der Waals surface area contributed by atoms with Gasteiger partial charge in [0.15, 0.2) is 0 Å². The quantitative estimate of drug-likeness (QED) is 0.818. The molecular weight excluding hydrogens is 186 g/mol. The summed E-state index contributed by atoms with van der Waals surface area (Å²) in [7, 11) is 1.78. The molecule has 3 nitrogen and oxygen atoms in total. The topological polar surface area (TPSA) is 48.7 Å². The van der Waals surface area contributed by atoms with Gasteiger partial charge in [-0.2, -0.15) is 5.26 Å². The summed E-state index contributed by atoms with van der Waals surface area (Å²) in [4.78, 5) is 4.26. The fraction of sp³-hybridized carbons (Fsp3) is 0.333. The molecule has 0 aliphatic rings. The summed E-state index contributed by atoms with van der Waals surface area (Å²) in [5, 5.41) is 11.9. The van der Waals surface area contributed by atoms with Crippen LogP contribution in [0.3, 0.4) is 0 Å². The predicted molar refractivity (Wildman–Crippen MR) is 62.7 cm³/mol. The van der Waals surface area contributed by atoms with Crippen LogP contribution in [0.1, 0.15) is 36.6 Å². The van der Waals surface area contributed by atoms with Crippen LogP contribution in [0.25, 0.3) is 6.08 Å². The third kappa shape index (κ3) is 2.16. The zero-order chi connectivity index (χ0) is 11.4. The second-order valence-corrected chi connectivity index (χ2v) is 3.58. The van der Waals surface area contributed by atoms with Crippen LogP contribution in [-0.4, -0.2) is 12.0 Å². The first-order valence-electron chi connectivity index (χ1n) is 4.89. The minimum Gasteiger partial charge on any atom is -0.373 e. The lowest BCUT2D eigenvalue weighted by Crippen LogP contribution is -2.03. The third-order valence-electron chi connectivity index (χ3n) is 2.27. The molecule has 1 heterocycles. The summed E-state index contributed by atoms with van der Waals surface area (Å²) < 4.78 is 0. The molecule has 1 aromatic heterocycles. The first-order chi connectivity index (χ1) is 7.13. The summed E-state index contributed by atoms with van der Waals surface area (Å²) >= 11 is 0. The van der Waals surface area contributed by atoms with Crippen LogP contribution in [0.15, 0.2) is 12.6 Å². The largest absolute Gasteiger partial charge is 0.373 e. The van der Waals surface area contributed by atoms with Gasteiger partial charge >= 0.3 is 0 Å². The molecule has 0 spiro atoms. The highest BCUT2D eigenvalue weighted by atomic mass is 15.0. The van der Waals surface area contributed by atoms with Gasteiger partial charge in [0.05, 0.1) is 0 Å². The lowest BCUT2D eigenvalue weighted by atomic mass is 9.99. The summed E-state index contributed by atoms with van der Waals surface area (Å²) in [6.07, 6.45) is 1.74. The lowest BCUT2D eigenvalue weighted by Gasteiger charge is -2.11. The SMILES string of the molecule is C=Cc1cc(C(C)C)c(C#N)nc1NC. The van der Waals surface area contributed by atoms with E-state index in [1.807, 2.05) is 19.9 Å². The molecule has 0 unspecified atom stereocenters. The van der Waals surface area contributed by atoms with Crippen LogP contribution in [0.5, 0.6) is 0 Å². The number of aromatic nitrogens is 1. The van der Waals surface area contributed by atoms with Gasteiger partial charge in [0.2, 0.25) is 0 Å². The van der Waals surface area contributed by atoms with Gasteiger partial charge in [-0.3, -0.25) is 0 Å². The smallest absolute Gasteiger partial charge is 0.146 e. The molecule has 15 heavy (non-hydrogen) atoms. The van der Waals surface area contributed by atoms with Crippen molar-refractivity contribution in [2.75, 3.05) is 12.4 Å². The number of nitriles is 1. The molecule has 0 atom stereocenters. The Kier molecular flexibility index (Phi) is 3.46. The molecule has 1 rings (SSSR count). The Bertz CT molecular complexity index is 414. The summed E-state index contributed by atoms with van der Waals surface area (Å²) in [6, 6.07) is 4.08.